The van der Waals surface area contributed by atoms with Gasteiger partial charge in [0.2, 0.25) is 0 Å². The van der Waals surface area contributed by atoms with Gasteiger partial charge in [-0.15, -0.1) is 11.3 Å². The Balaban J connectivity index is 1.83. The number of para-hydroxylation sites is 1. The van der Waals surface area contributed by atoms with Crippen LogP contribution in [0.1, 0.15) is 15.9 Å². The second kappa shape index (κ2) is 6.73. The van der Waals surface area contributed by atoms with Gasteiger partial charge in [0, 0.05) is 30.2 Å². The van der Waals surface area contributed by atoms with E-state index in [2.05, 4.69) is 20.3 Å². The third kappa shape index (κ3) is 3.42. The lowest BCUT2D eigenvalue weighted by Gasteiger charge is -2.05. The monoisotopic (exact) mass is 308 g/mol. The minimum Gasteiger partial charge on any atom is -0.298 e. The van der Waals surface area contributed by atoms with Crippen LogP contribution in [0.5, 0.6) is 0 Å². The molecule has 1 aromatic carbocycles. The fourth-order valence-electron chi connectivity index (χ4n) is 1.82. The van der Waals surface area contributed by atoms with Crippen molar-refractivity contribution in [3.8, 4) is 0 Å². The smallest absolute Gasteiger partial charge is 0.259 e. The number of pyridine rings is 1. The molecule has 0 aliphatic carbocycles. The first-order valence-corrected chi connectivity index (χ1v) is 7.45. The molecular weight excluding hydrogens is 296 g/mol. The van der Waals surface area contributed by atoms with E-state index in [0.29, 0.717) is 16.4 Å². The van der Waals surface area contributed by atoms with Crippen LogP contribution in [0.4, 0.5) is 10.8 Å². The number of aromatic nitrogens is 2. The van der Waals surface area contributed by atoms with Crippen LogP contribution in [-0.4, -0.2) is 22.1 Å². The maximum atomic E-state index is 12.3. The van der Waals surface area contributed by atoms with Crippen LogP contribution in [0.2, 0.25) is 0 Å². The minimum atomic E-state index is -0.225. The molecule has 0 unspecified atom stereocenters. The molecule has 3 rings (SSSR count). The highest BCUT2D eigenvalue weighted by Gasteiger charge is 2.11. The lowest BCUT2D eigenvalue weighted by Crippen LogP contribution is -2.11. The van der Waals surface area contributed by atoms with Crippen molar-refractivity contribution in [2.24, 2.45) is 4.99 Å². The van der Waals surface area contributed by atoms with E-state index in [4.69, 9.17) is 0 Å². The Hall–Kier alpha value is -2.86. The SMILES string of the molecule is O=C(Nc1nccs1)c1ccccc1N=Cc1ccncc1. The van der Waals surface area contributed by atoms with Gasteiger partial charge in [-0.3, -0.25) is 20.1 Å². The van der Waals surface area contributed by atoms with Crippen molar-refractivity contribution in [3.05, 3.63) is 71.5 Å². The van der Waals surface area contributed by atoms with Gasteiger partial charge in [-0.2, -0.15) is 0 Å². The zero-order chi connectivity index (χ0) is 15.2. The zero-order valence-electron chi connectivity index (χ0n) is 11.5. The summed E-state index contributed by atoms with van der Waals surface area (Å²) in [5.74, 6) is -0.225. The van der Waals surface area contributed by atoms with E-state index in [1.807, 2.05) is 29.6 Å². The van der Waals surface area contributed by atoms with E-state index >= 15 is 0 Å². The van der Waals surface area contributed by atoms with Gasteiger partial charge in [0.15, 0.2) is 5.13 Å². The summed E-state index contributed by atoms with van der Waals surface area (Å²) in [6, 6.07) is 10.9. The Labute approximate surface area is 131 Å². The predicted molar refractivity (Wildman–Crippen MR) is 88.0 cm³/mol. The molecule has 0 aliphatic rings. The molecule has 5 nitrogen and oxygen atoms in total. The molecule has 3 aromatic rings. The third-order valence-electron chi connectivity index (χ3n) is 2.86. The van der Waals surface area contributed by atoms with Crippen molar-refractivity contribution >= 4 is 34.3 Å². The number of anilines is 1. The molecule has 2 aromatic heterocycles. The Morgan fingerprint density at radius 2 is 1.95 bits per heavy atom. The molecule has 0 atom stereocenters. The number of carbonyl (C=O) groups excluding carboxylic acids is 1. The quantitative estimate of drug-likeness (QED) is 0.750. The van der Waals surface area contributed by atoms with Gasteiger partial charge in [0.25, 0.3) is 5.91 Å². The van der Waals surface area contributed by atoms with E-state index in [0.717, 1.165) is 5.56 Å². The van der Waals surface area contributed by atoms with Crippen molar-refractivity contribution < 1.29 is 4.79 Å². The first kappa shape index (κ1) is 14.1. The normalized spacial score (nSPS) is 10.7. The molecule has 0 saturated carbocycles. The van der Waals surface area contributed by atoms with Crippen LogP contribution in [0.15, 0.2) is 65.4 Å². The summed E-state index contributed by atoms with van der Waals surface area (Å²) < 4.78 is 0. The highest BCUT2D eigenvalue weighted by atomic mass is 32.1. The average molecular weight is 308 g/mol. The number of nitrogens with one attached hydrogen (secondary N) is 1. The first-order valence-electron chi connectivity index (χ1n) is 6.57. The molecule has 0 saturated heterocycles. The Morgan fingerprint density at radius 1 is 1.14 bits per heavy atom. The minimum absolute atomic E-state index is 0.225. The molecule has 22 heavy (non-hydrogen) atoms. The number of amides is 1. The summed E-state index contributed by atoms with van der Waals surface area (Å²) in [5.41, 5.74) is 2.03. The van der Waals surface area contributed by atoms with Gasteiger partial charge >= 0.3 is 0 Å². The summed E-state index contributed by atoms with van der Waals surface area (Å²) in [5, 5.41) is 5.14. The molecule has 0 spiro atoms. The molecule has 1 amide bonds. The molecule has 0 radical (unpaired) electrons. The van der Waals surface area contributed by atoms with Gasteiger partial charge in [-0.05, 0) is 29.8 Å². The van der Waals surface area contributed by atoms with Crippen molar-refractivity contribution in [2.45, 2.75) is 0 Å². The van der Waals surface area contributed by atoms with E-state index in [9.17, 15) is 4.79 Å². The van der Waals surface area contributed by atoms with Crippen molar-refractivity contribution in [3.63, 3.8) is 0 Å². The van der Waals surface area contributed by atoms with Gasteiger partial charge in [-0.25, -0.2) is 4.98 Å². The molecule has 0 aliphatic heterocycles. The summed E-state index contributed by atoms with van der Waals surface area (Å²) in [4.78, 5) is 24.7. The van der Waals surface area contributed by atoms with Crippen molar-refractivity contribution in [1.82, 2.24) is 9.97 Å². The largest absolute Gasteiger partial charge is 0.298 e. The van der Waals surface area contributed by atoms with Crippen LogP contribution >= 0.6 is 11.3 Å². The van der Waals surface area contributed by atoms with Gasteiger partial charge < -0.3 is 0 Å². The zero-order valence-corrected chi connectivity index (χ0v) is 12.3. The summed E-state index contributed by atoms with van der Waals surface area (Å²) >= 11 is 1.37. The summed E-state index contributed by atoms with van der Waals surface area (Å²) in [6.07, 6.45) is 6.75. The van der Waals surface area contributed by atoms with Crippen LogP contribution in [0, 0.1) is 0 Å². The second-order valence-electron chi connectivity index (χ2n) is 4.35. The summed E-state index contributed by atoms with van der Waals surface area (Å²) in [7, 11) is 0. The fraction of sp³-hybridized carbons (Fsp3) is 0. The summed E-state index contributed by atoms with van der Waals surface area (Å²) in [6.45, 7) is 0. The number of carbonyl (C=O) groups is 1. The van der Waals surface area contributed by atoms with Crippen molar-refractivity contribution in [1.29, 1.82) is 0 Å². The van der Waals surface area contributed by atoms with E-state index < -0.39 is 0 Å². The first-order chi connectivity index (χ1) is 10.8. The van der Waals surface area contributed by atoms with E-state index in [1.54, 1.807) is 36.9 Å². The average Bonchev–Trinajstić information content (AvgIpc) is 3.07. The van der Waals surface area contributed by atoms with Crippen LogP contribution in [0.3, 0.4) is 0 Å². The van der Waals surface area contributed by atoms with E-state index in [-0.39, 0.29) is 5.91 Å². The Bertz CT molecular complexity index is 785. The molecular formula is C16H12N4OS. The molecule has 0 bridgehead atoms. The number of hydrogen-bond donors (Lipinski definition) is 1. The molecule has 0 fully saturated rings. The second-order valence-corrected chi connectivity index (χ2v) is 5.24. The highest BCUT2D eigenvalue weighted by molar-refractivity contribution is 7.13. The molecule has 108 valence electrons. The predicted octanol–water partition coefficient (Wildman–Crippen LogP) is 3.54. The number of nitrogens with zero attached hydrogens (tertiary/aromatic N) is 3. The van der Waals surface area contributed by atoms with Gasteiger partial charge in [-0.1, -0.05) is 12.1 Å². The maximum Gasteiger partial charge on any atom is 0.259 e. The number of thiazole rings is 1. The molecule has 1 N–H and O–H groups in total. The van der Waals surface area contributed by atoms with Crippen LogP contribution in [0.25, 0.3) is 0 Å². The number of aliphatic imine (C=N–C) groups is 1. The number of rotatable bonds is 4. The lowest BCUT2D eigenvalue weighted by atomic mass is 10.1. The van der Waals surface area contributed by atoms with Gasteiger partial charge in [0.1, 0.15) is 0 Å². The van der Waals surface area contributed by atoms with Crippen molar-refractivity contribution in [2.75, 3.05) is 5.32 Å². The Morgan fingerprint density at radius 3 is 2.73 bits per heavy atom. The highest BCUT2D eigenvalue weighted by Crippen LogP contribution is 2.21. The maximum absolute atomic E-state index is 12.3. The standard InChI is InChI=1S/C16H12N4OS/c21-15(20-16-18-9-10-22-16)13-3-1-2-4-14(13)19-11-12-5-7-17-8-6-12/h1-11H,(H,18,20,21). The number of benzene rings is 1. The fourth-order valence-corrected chi connectivity index (χ4v) is 2.35. The number of hydrogen-bond acceptors (Lipinski definition) is 5. The molecule has 6 heteroatoms. The molecule has 2 heterocycles. The van der Waals surface area contributed by atoms with Crippen LogP contribution < -0.4 is 5.32 Å². The van der Waals surface area contributed by atoms with E-state index in [1.165, 1.54) is 11.3 Å². The van der Waals surface area contributed by atoms with Crippen LogP contribution in [-0.2, 0) is 0 Å². The van der Waals surface area contributed by atoms with Gasteiger partial charge in [0.05, 0.1) is 11.3 Å². The topological polar surface area (TPSA) is 67.2 Å². The Kier molecular flexibility index (Phi) is 4.31. The lowest BCUT2D eigenvalue weighted by molar-refractivity contribution is 0.102. The third-order valence-corrected chi connectivity index (χ3v) is 3.55.